The van der Waals surface area contributed by atoms with E-state index in [1.54, 1.807) is 9.42 Å². The molecule has 3 amide bonds. The van der Waals surface area contributed by atoms with Crippen molar-refractivity contribution >= 4 is 23.5 Å². The van der Waals surface area contributed by atoms with Gasteiger partial charge in [0.2, 0.25) is 0 Å². The summed E-state index contributed by atoms with van der Waals surface area (Å²) in [4.78, 5) is 38.9. The summed E-state index contributed by atoms with van der Waals surface area (Å²) < 4.78 is 1.76. The maximum Gasteiger partial charge on any atom is 0.327 e. The van der Waals surface area contributed by atoms with Crippen LogP contribution in [0.2, 0.25) is 0 Å². The number of amides is 3. The van der Waals surface area contributed by atoms with Gasteiger partial charge in [-0.25, -0.2) is 9.78 Å². The van der Waals surface area contributed by atoms with Gasteiger partial charge in [-0.1, -0.05) is 0 Å². The summed E-state index contributed by atoms with van der Waals surface area (Å²) in [6.07, 6.45) is 5.11. The minimum Gasteiger partial charge on any atom is -0.356 e. The number of hydrogen-bond acceptors (Lipinski definition) is 6. The lowest BCUT2D eigenvalue weighted by Gasteiger charge is -2.37. The standard InChI is InChI=1S/C17H21N7O2/c1-11-8-14(24-16(20-11)18-10-19-24)21-6-4-12(5-7-21)22-9-15(25)23(17(22)26)13-2-3-13/h8,10,12-13H,2-7,9H2,1H3. The molecule has 3 fully saturated rings. The summed E-state index contributed by atoms with van der Waals surface area (Å²) in [5.74, 6) is 1.54. The lowest BCUT2D eigenvalue weighted by Crippen LogP contribution is -2.47. The van der Waals surface area contributed by atoms with E-state index in [1.807, 2.05) is 13.0 Å². The molecule has 0 aromatic carbocycles. The zero-order chi connectivity index (χ0) is 17.8. The zero-order valence-electron chi connectivity index (χ0n) is 14.7. The van der Waals surface area contributed by atoms with Gasteiger partial charge in [-0.05, 0) is 32.6 Å². The van der Waals surface area contributed by atoms with Gasteiger partial charge in [-0.3, -0.25) is 9.69 Å². The van der Waals surface area contributed by atoms with E-state index in [9.17, 15) is 9.59 Å². The molecule has 0 unspecified atom stereocenters. The molecule has 0 bridgehead atoms. The molecular weight excluding hydrogens is 334 g/mol. The Bertz CT molecular complexity index is 882. The summed E-state index contributed by atoms with van der Waals surface area (Å²) in [5, 5.41) is 4.28. The maximum absolute atomic E-state index is 12.6. The fourth-order valence-corrected chi connectivity index (χ4v) is 4.06. The SMILES string of the molecule is Cc1cc(N2CCC(N3CC(=O)N(C4CC4)C3=O)CC2)n2ncnc2n1. The molecule has 136 valence electrons. The van der Waals surface area contributed by atoms with E-state index in [4.69, 9.17) is 0 Å². The number of aromatic nitrogens is 4. The number of hydrogen-bond donors (Lipinski definition) is 0. The first-order valence-corrected chi connectivity index (χ1v) is 9.17. The van der Waals surface area contributed by atoms with Crippen LogP contribution in [-0.4, -0.2) is 73.0 Å². The van der Waals surface area contributed by atoms with Crippen molar-refractivity contribution in [3.63, 3.8) is 0 Å². The Morgan fingerprint density at radius 3 is 2.58 bits per heavy atom. The number of anilines is 1. The van der Waals surface area contributed by atoms with Crippen molar-refractivity contribution in [2.45, 2.75) is 44.7 Å². The third-order valence-corrected chi connectivity index (χ3v) is 5.53. The second-order valence-corrected chi connectivity index (χ2v) is 7.35. The molecule has 0 N–H and O–H groups in total. The van der Waals surface area contributed by atoms with Crippen LogP contribution in [0.15, 0.2) is 12.4 Å². The van der Waals surface area contributed by atoms with Gasteiger partial charge in [0, 0.05) is 36.9 Å². The summed E-state index contributed by atoms with van der Waals surface area (Å²) in [7, 11) is 0. The Kier molecular flexibility index (Phi) is 3.38. The van der Waals surface area contributed by atoms with Crippen molar-refractivity contribution in [3.05, 3.63) is 18.1 Å². The molecule has 4 heterocycles. The van der Waals surface area contributed by atoms with Crippen molar-refractivity contribution in [2.24, 2.45) is 0 Å². The number of rotatable bonds is 3. The first-order valence-electron chi connectivity index (χ1n) is 9.17. The highest BCUT2D eigenvalue weighted by atomic mass is 16.2. The Balaban J connectivity index is 1.31. The average molecular weight is 355 g/mol. The Morgan fingerprint density at radius 2 is 1.85 bits per heavy atom. The quantitative estimate of drug-likeness (QED) is 0.758. The van der Waals surface area contributed by atoms with Crippen molar-refractivity contribution in [1.82, 2.24) is 29.4 Å². The Morgan fingerprint density at radius 1 is 1.08 bits per heavy atom. The number of piperidine rings is 1. The lowest BCUT2D eigenvalue weighted by molar-refractivity contribution is -0.125. The number of carbonyl (C=O) groups excluding carboxylic acids is 2. The third-order valence-electron chi connectivity index (χ3n) is 5.53. The van der Waals surface area contributed by atoms with Gasteiger partial charge < -0.3 is 9.80 Å². The monoisotopic (exact) mass is 355 g/mol. The first kappa shape index (κ1) is 15.5. The second-order valence-electron chi connectivity index (χ2n) is 7.35. The van der Waals surface area contributed by atoms with Gasteiger partial charge in [-0.2, -0.15) is 14.6 Å². The number of urea groups is 1. The minimum absolute atomic E-state index is 0.0333. The van der Waals surface area contributed by atoms with Crippen molar-refractivity contribution < 1.29 is 9.59 Å². The van der Waals surface area contributed by atoms with Crippen molar-refractivity contribution in [3.8, 4) is 0 Å². The number of fused-ring (bicyclic) bond motifs is 1. The fraction of sp³-hybridized carbons (Fsp3) is 0.588. The highest BCUT2D eigenvalue weighted by molar-refractivity contribution is 6.02. The summed E-state index contributed by atoms with van der Waals surface area (Å²) in [6, 6.07) is 2.21. The topological polar surface area (TPSA) is 86.9 Å². The minimum atomic E-state index is -0.0885. The molecule has 0 spiro atoms. The van der Waals surface area contributed by atoms with Gasteiger partial charge in [0.15, 0.2) is 0 Å². The van der Waals surface area contributed by atoms with E-state index >= 15 is 0 Å². The van der Waals surface area contributed by atoms with Crippen molar-refractivity contribution in [2.75, 3.05) is 24.5 Å². The third kappa shape index (κ3) is 2.41. The van der Waals surface area contributed by atoms with Crippen LogP contribution in [0.5, 0.6) is 0 Å². The molecule has 2 aliphatic heterocycles. The number of imide groups is 1. The molecule has 0 atom stereocenters. The number of nitrogens with zero attached hydrogens (tertiary/aromatic N) is 7. The van der Waals surface area contributed by atoms with Crippen LogP contribution in [0.1, 0.15) is 31.4 Å². The largest absolute Gasteiger partial charge is 0.356 e. The molecule has 26 heavy (non-hydrogen) atoms. The van der Waals surface area contributed by atoms with Crippen LogP contribution in [0.25, 0.3) is 5.78 Å². The normalized spacial score (nSPS) is 22.1. The van der Waals surface area contributed by atoms with Gasteiger partial charge in [0.25, 0.3) is 11.7 Å². The van der Waals surface area contributed by atoms with Crippen LogP contribution in [0, 0.1) is 6.92 Å². The molecule has 2 saturated heterocycles. The molecule has 2 aromatic heterocycles. The van der Waals surface area contributed by atoms with E-state index < -0.39 is 0 Å². The van der Waals surface area contributed by atoms with Gasteiger partial charge in [0.05, 0.1) is 0 Å². The van der Waals surface area contributed by atoms with Crippen LogP contribution in [-0.2, 0) is 4.79 Å². The lowest BCUT2D eigenvalue weighted by atomic mass is 10.0. The van der Waals surface area contributed by atoms with E-state index in [2.05, 4.69) is 20.0 Å². The number of carbonyl (C=O) groups is 2. The van der Waals surface area contributed by atoms with E-state index in [1.165, 1.54) is 11.2 Å². The van der Waals surface area contributed by atoms with E-state index in [0.29, 0.717) is 5.78 Å². The fourth-order valence-electron chi connectivity index (χ4n) is 4.06. The predicted molar refractivity (Wildman–Crippen MR) is 92.7 cm³/mol. The predicted octanol–water partition coefficient (Wildman–Crippen LogP) is 0.828. The molecule has 9 nitrogen and oxygen atoms in total. The molecular formula is C17H21N7O2. The van der Waals surface area contributed by atoms with Gasteiger partial charge >= 0.3 is 6.03 Å². The van der Waals surface area contributed by atoms with Crippen molar-refractivity contribution in [1.29, 1.82) is 0 Å². The average Bonchev–Trinajstić information content (AvgIpc) is 3.27. The molecule has 1 aliphatic carbocycles. The molecule has 9 heteroatoms. The summed E-state index contributed by atoms with van der Waals surface area (Å²) in [5.41, 5.74) is 0.906. The van der Waals surface area contributed by atoms with Gasteiger partial charge in [-0.15, -0.1) is 0 Å². The van der Waals surface area contributed by atoms with E-state index in [0.717, 1.165) is 50.3 Å². The Hall–Kier alpha value is -2.71. The molecule has 2 aromatic rings. The molecule has 3 aliphatic rings. The van der Waals surface area contributed by atoms with Gasteiger partial charge in [0.1, 0.15) is 18.7 Å². The smallest absolute Gasteiger partial charge is 0.327 e. The second kappa shape index (κ2) is 5.65. The highest BCUT2D eigenvalue weighted by Crippen LogP contribution is 2.33. The van der Waals surface area contributed by atoms with Crippen LogP contribution >= 0.6 is 0 Å². The Labute approximate surface area is 150 Å². The summed E-state index contributed by atoms with van der Waals surface area (Å²) in [6.45, 7) is 3.81. The van der Waals surface area contributed by atoms with Crippen LogP contribution in [0.3, 0.4) is 0 Å². The van der Waals surface area contributed by atoms with Crippen LogP contribution < -0.4 is 4.90 Å². The highest BCUT2D eigenvalue weighted by Gasteiger charge is 2.47. The number of aryl methyl sites for hydroxylation is 1. The molecule has 5 rings (SSSR count). The first-order chi connectivity index (χ1) is 12.6. The summed E-state index contributed by atoms with van der Waals surface area (Å²) >= 11 is 0. The molecule has 0 radical (unpaired) electrons. The van der Waals surface area contributed by atoms with Crippen LogP contribution in [0.4, 0.5) is 10.6 Å². The maximum atomic E-state index is 12.6. The van der Waals surface area contributed by atoms with E-state index in [-0.39, 0.29) is 30.6 Å². The molecule has 1 saturated carbocycles. The zero-order valence-corrected chi connectivity index (χ0v) is 14.7.